The fourth-order valence-corrected chi connectivity index (χ4v) is 3.44. The molecular weight excluding hydrogens is 348 g/mol. The van der Waals surface area contributed by atoms with E-state index in [1.165, 1.54) is 0 Å². The maximum absolute atomic E-state index is 12.7. The summed E-state index contributed by atoms with van der Waals surface area (Å²) in [6.07, 6.45) is 0. The van der Waals surface area contributed by atoms with Gasteiger partial charge in [-0.1, -0.05) is 60.1 Å². The Kier molecular flexibility index (Phi) is 4.35. The van der Waals surface area contributed by atoms with Gasteiger partial charge < -0.3 is 9.80 Å². The van der Waals surface area contributed by atoms with Gasteiger partial charge in [0.15, 0.2) is 0 Å². The van der Waals surface area contributed by atoms with Gasteiger partial charge >= 0.3 is 11.8 Å². The van der Waals surface area contributed by atoms with Gasteiger partial charge in [0.25, 0.3) is 0 Å². The van der Waals surface area contributed by atoms with Crippen molar-refractivity contribution in [2.24, 2.45) is 0 Å². The molecule has 26 heavy (non-hydrogen) atoms. The average Bonchev–Trinajstić information content (AvgIpc) is 2.67. The summed E-state index contributed by atoms with van der Waals surface area (Å²) in [5.41, 5.74) is 1.74. The largest absolute Gasteiger partial charge is 0.328 e. The van der Waals surface area contributed by atoms with Crippen LogP contribution in [0.3, 0.4) is 0 Å². The van der Waals surface area contributed by atoms with E-state index in [0.717, 1.165) is 22.0 Å². The van der Waals surface area contributed by atoms with Gasteiger partial charge in [0.05, 0.1) is 5.69 Å². The molecule has 1 saturated heterocycles. The number of amides is 2. The van der Waals surface area contributed by atoms with E-state index in [9.17, 15) is 9.59 Å². The molecule has 1 heterocycles. The van der Waals surface area contributed by atoms with E-state index in [-0.39, 0.29) is 0 Å². The van der Waals surface area contributed by atoms with Crippen molar-refractivity contribution in [2.45, 2.75) is 6.54 Å². The molecule has 0 spiro atoms. The standard InChI is InChI=1S/C21H17ClN2O2/c22-17-10-8-15(9-11-17)14-23-12-13-24(21(26)20(23)25)19-7-3-5-16-4-1-2-6-18(16)19/h1-11H,12-14H2. The van der Waals surface area contributed by atoms with E-state index in [1.807, 2.05) is 54.6 Å². The molecule has 5 heteroatoms. The molecule has 130 valence electrons. The first-order valence-corrected chi connectivity index (χ1v) is 8.84. The molecule has 0 aromatic heterocycles. The molecule has 0 saturated carbocycles. The number of nitrogens with zero attached hydrogens (tertiary/aromatic N) is 2. The molecule has 2 amide bonds. The van der Waals surface area contributed by atoms with Crippen LogP contribution in [0.1, 0.15) is 5.56 Å². The van der Waals surface area contributed by atoms with Crippen LogP contribution in [0.15, 0.2) is 66.7 Å². The topological polar surface area (TPSA) is 40.6 Å². The monoisotopic (exact) mass is 364 g/mol. The summed E-state index contributed by atoms with van der Waals surface area (Å²) in [7, 11) is 0. The first-order valence-electron chi connectivity index (χ1n) is 8.46. The fourth-order valence-electron chi connectivity index (χ4n) is 3.31. The van der Waals surface area contributed by atoms with Gasteiger partial charge in [0.2, 0.25) is 0 Å². The van der Waals surface area contributed by atoms with Gasteiger partial charge in [0.1, 0.15) is 0 Å². The Morgan fingerprint density at radius 1 is 0.808 bits per heavy atom. The van der Waals surface area contributed by atoms with Crippen molar-refractivity contribution in [3.63, 3.8) is 0 Å². The van der Waals surface area contributed by atoms with Crippen LogP contribution in [0.4, 0.5) is 5.69 Å². The minimum Gasteiger partial charge on any atom is -0.328 e. The first-order chi connectivity index (χ1) is 12.6. The van der Waals surface area contributed by atoms with Crippen LogP contribution in [0, 0.1) is 0 Å². The van der Waals surface area contributed by atoms with Gasteiger partial charge in [-0.25, -0.2) is 0 Å². The molecule has 0 aliphatic carbocycles. The Labute approximate surface area is 156 Å². The number of hydrogen-bond donors (Lipinski definition) is 0. The third kappa shape index (κ3) is 3.04. The maximum atomic E-state index is 12.7. The highest BCUT2D eigenvalue weighted by Crippen LogP contribution is 2.28. The van der Waals surface area contributed by atoms with E-state index in [1.54, 1.807) is 21.9 Å². The van der Waals surface area contributed by atoms with Gasteiger partial charge in [0, 0.05) is 30.0 Å². The molecule has 0 N–H and O–H groups in total. The highest BCUT2D eigenvalue weighted by Gasteiger charge is 2.33. The first kappa shape index (κ1) is 16.6. The molecule has 3 aromatic rings. The van der Waals surface area contributed by atoms with Crippen LogP contribution >= 0.6 is 11.6 Å². The highest BCUT2D eigenvalue weighted by molar-refractivity contribution is 6.41. The number of anilines is 1. The van der Waals surface area contributed by atoms with Crippen molar-refractivity contribution in [1.29, 1.82) is 0 Å². The number of rotatable bonds is 3. The van der Waals surface area contributed by atoms with Crippen molar-refractivity contribution in [3.8, 4) is 0 Å². The Hall–Kier alpha value is -2.85. The Balaban J connectivity index is 1.58. The minimum atomic E-state index is -0.485. The minimum absolute atomic E-state index is 0.408. The van der Waals surface area contributed by atoms with Crippen LogP contribution in [-0.2, 0) is 16.1 Å². The van der Waals surface area contributed by atoms with E-state index >= 15 is 0 Å². The zero-order chi connectivity index (χ0) is 18.1. The van der Waals surface area contributed by atoms with Crippen molar-refractivity contribution >= 4 is 39.9 Å². The molecule has 1 fully saturated rings. The van der Waals surface area contributed by atoms with Gasteiger partial charge in [-0.3, -0.25) is 9.59 Å². The lowest BCUT2D eigenvalue weighted by Gasteiger charge is -2.34. The molecule has 0 radical (unpaired) electrons. The quantitative estimate of drug-likeness (QED) is 0.662. The summed E-state index contributed by atoms with van der Waals surface area (Å²) in [5, 5.41) is 2.67. The third-order valence-corrected chi connectivity index (χ3v) is 4.90. The molecule has 1 aliphatic heterocycles. The Morgan fingerprint density at radius 3 is 2.35 bits per heavy atom. The molecule has 0 unspecified atom stereocenters. The average molecular weight is 365 g/mol. The highest BCUT2D eigenvalue weighted by atomic mass is 35.5. The van der Waals surface area contributed by atoms with Crippen LogP contribution in [0.5, 0.6) is 0 Å². The summed E-state index contributed by atoms with van der Waals surface area (Å²) in [6, 6.07) is 21.0. The van der Waals surface area contributed by atoms with Crippen LogP contribution in [0.2, 0.25) is 5.02 Å². The third-order valence-electron chi connectivity index (χ3n) is 4.65. The van der Waals surface area contributed by atoms with Crippen molar-refractivity contribution in [1.82, 2.24) is 4.90 Å². The lowest BCUT2D eigenvalue weighted by molar-refractivity contribution is -0.146. The number of carbonyl (C=O) groups excluding carboxylic acids is 2. The number of halogens is 1. The predicted molar refractivity (Wildman–Crippen MR) is 103 cm³/mol. The van der Waals surface area contributed by atoms with Gasteiger partial charge in [-0.05, 0) is 29.1 Å². The summed E-state index contributed by atoms with van der Waals surface area (Å²) in [6.45, 7) is 1.38. The summed E-state index contributed by atoms with van der Waals surface area (Å²) in [5.74, 6) is -0.958. The van der Waals surface area contributed by atoms with Gasteiger partial charge in [-0.15, -0.1) is 0 Å². The van der Waals surface area contributed by atoms with E-state index < -0.39 is 11.8 Å². The van der Waals surface area contributed by atoms with Crippen LogP contribution in [0.25, 0.3) is 10.8 Å². The number of fused-ring (bicyclic) bond motifs is 1. The molecule has 4 nitrogen and oxygen atoms in total. The van der Waals surface area contributed by atoms with Crippen molar-refractivity contribution in [2.75, 3.05) is 18.0 Å². The molecule has 4 rings (SSSR count). The maximum Gasteiger partial charge on any atom is 0.316 e. The molecule has 0 bridgehead atoms. The van der Waals surface area contributed by atoms with Crippen molar-refractivity contribution < 1.29 is 9.59 Å². The number of hydrogen-bond acceptors (Lipinski definition) is 2. The Bertz CT molecular complexity index is 979. The smallest absolute Gasteiger partial charge is 0.316 e. The summed E-state index contributed by atoms with van der Waals surface area (Å²) in [4.78, 5) is 28.5. The van der Waals surface area contributed by atoms with Crippen LogP contribution in [-0.4, -0.2) is 29.8 Å². The van der Waals surface area contributed by atoms with E-state index in [0.29, 0.717) is 24.7 Å². The van der Waals surface area contributed by atoms with Gasteiger partial charge in [-0.2, -0.15) is 0 Å². The fraction of sp³-hybridized carbons (Fsp3) is 0.143. The van der Waals surface area contributed by atoms with E-state index in [2.05, 4.69) is 0 Å². The number of benzene rings is 3. The second-order valence-corrected chi connectivity index (χ2v) is 6.74. The Morgan fingerprint density at radius 2 is 1.54 bits per heavy atom. The second kappa shape index (κ2) is 6.81. The van der Waals surface area contributed by atoms with E-state index in [4.69, 9.17) is 11.6 Å². The molecular formula is C21H17ClN2O2. The molecule has 0 atom stereocenters. The summed E-state index contributed by atoms with van der Waals surface area (Å²) >= 11 is 5.90. The zero-order valence-corrected chi connectivity index (χ0v) is 14.8. The predicted octanol–water partition coefficient (Wildman–Crippen LogP) is 3.87. The molecule has 3 aromatic carbocycles. The number of carbonyl (C=O) groups is 2. The number of piperazine rings is 1. The normalized spacial score (nSPS) is 15.0. The van der Waals surface area contributed by atoms with Crippen LogP contribution < -0.4 is 4.90 Å². The second-order valence-electron chi connectivity index (χ2n) is 6.31. The summed E-state index contributed by atoms with van der Waals surface area (Å²) < 4.78 is 0. The zero-order valence-electron chi connectivity index (χ0n) is 14.1. The lowest BCUT2D eigenvalue weighted by Crippen LogP contribution is -2.54. The molecule has 1 aliphatic rings. The van der Waals surface area contributed by atoms with Crippen molar-refractivity contribution in [3.05, 3.63) is 77.3 Å². The lowest BCUT2D eigenvalue weighted by atomic mass is 10.1. The SMILES string of the molecule is O=C1C(=O)N(c2cccc3ccccc23)CCN1Cc1ccc(Cl)cc1.